The summed E-state index contributed by atoms with van der Waals surface area (Å²) in [5.74, 6) is -1.96. The second-order valence-corrected chi connectivity index (χ2v) is 10.2. The van der Waals surface area contributed by atoms with Crippen molar-refractivity contribution in [3.05, 3.63) is 52.1 Å². The number of carboxylic acids is 1. The molecule has 7 nitrogen and oxygen atoms in total. The summed E-state index contributed by atoms with van der Waals surface area (Å²) in [6, 6.07) is 8.46. The van der Waals surface area contributed by atoms with Crippen LogP contribution in [0.25, 0.3) is 6.08 Å². The number of carbonyl (C=O) groups excluding carboxylic acids is 1. The van der Waals surface area contributed by atoms with Crippen molar-refractivity contribution in [1.82, 2.24) is 15.5 Å². The molecule has 1 aromatic rings. The third kappa shape index (κ3) is 4.12. The van der Waals surface area contributed by atoms with Gasteiger partial charge in [0.25, 0.3) is 0 Å². The van der Waals surface area contributed by atoms with E-state index in [9.17, 15) is 19.8 Å². The molecular formula is C24H31N3O4S. The van der Waals surface area contributed by atoms with Crippen molar-refractivity contribution in [2.75, 3.05) is 20.1 Å². The number of benzene rings is 1. The Bertz CT molecular complexity index is 943. The molecule has 172 valence electrons. The Morgan fingerprint density at radius 3 is 2.72 bits per heavy atom. The minimum atomic E-state index is -1.07. The number of β-lactam (4-membered cyclic amide) rings is 1. The lowest BCUT2D eigenvalue weighted by atomic mass is 9.79. The number of rotatable bonds is 8. The first-order valence-electron chi connectivity index (χ1n) is 11.1. The number of aliphatic hydroxyl groups excluding tert-OH is 1. The summed E-state index contributed by atoms with van der Waals surface area (Å²) in [5.41, 5.74) is 2.49. The monoisotopic (exact) mass is 457 g/mol. The first-order valence-corrected chi connectivity index (χ1v) is 12.0. The van der Waals surface area contributed by atoms with Crippen LogP contribution >= 0.6 is 11.8 Å². The summed E-state index contributed by atoms with van der Waals surface area (Å²) in [6.45, 7) is 5.18. The molecule has 3 aliphatic rings. The normalized spacial score (nSPS) is 30.7. The average Bonchev–Trinajstić information content (AvgIpc) is 3.31. The first-order chi connectivity index (χ1) is 15.3. The number of hydrogen-bond donors (Lipinski definition) is 4. The van der Waals surface area contributed by atoms with Gasteiger partial charge in [0.1, 0.15) is 5.70 Å². The van der Waals surface area contributed by atoms with Crippen molar-refractivity contribution in [3.8, 4) is 0 Å². The summed E-state index contributed by atoms with van der Waals surface area (Å²) >= 11 is 1.58. The molecule has 0 aliphatic carbocycles. The van der Waals surface area contributed by atoms with Crippen molar-refractivity contribution < 1.29 is 19.8 Å². The van der Waals surface area contributed by atoms with Crippen LogP contribution in [0.1, 0.15) is 37.4 Å². The van der Waals surface area contributed by atoms with Crippen LogP contribution in [-0.2, 0) is 9.59 Å². The lowest BCUT2D eigenvalue weighted by Crippen LogP contribution is -2.63. The number of amides is 1. The molecule has 2 fully saturated rings. The van der Waals surface area contributed by atoms with E-state index in [0.29, 0.717) is 0 Å². The minimum Gasteiger partial charge on any atom is -0.477 e. The van der Waals surface area contributed by atoms with E-state index < -0.39 is 18.0 Å². The molecule has 4 rings (SSSR count). The Labute approximate surface area is 192 Å². The quantitative estimate of drug-likeness (QED) is 0.444. The van der Waals surface area contributed by atoms with Crippen LogP contribution in [0.5, 0.6) is 0 Å². The molecule has 0 unspecified atom stereocenters. The van der Waals surface area contributed by atoms with Crippen LogP contribution in [0.15, 0.2) is 40.9 Å². The second-order valence-electron chi connectivity index (χ2n) is 8.84. The minimum absolute atomic E-state index is 0.0915. The van der Waals surface area contributed by atoms with Gasteiger partial charge in [0, 0.05) is 35.2 Å². The number of thioether (sulfide) groups is 1. The van der Waals surface area contributed by atoms with Gasteiger partial charge in [0.2, 0.25) is 5.91 Å². The van der Waals surface area contributed by atoms with Crippen molar-refractivity contribution in [1.29, 1.82) is 0 Å². The van der Waals surface area contributed by atoms with E-state index in [-0.39, 0.29) is 34.9 Å². The fraction of sp³-hybridized carbons (Fsp3) is 0.500. The molecule has 4 N–H and O–H groups in total. The van der Waals surface area contributed by atoms with Crippen LogP contribution in [0, 0.1) is 11.8 Å². The highest BCUT2D eigenvalue weighted by atomic mass is 32.2. The van der Waals surface area contributed by atoms with E-state index in [0.717, 1.165) is 30.0 Å². The Kier molecular flexibility index (Phi) is 6.76. The average molecular weight is 458 g/mol. The fourth-order valence-corrected chi connectivity index (χ4v) is 6.54. The maximum Gasteiger partial charge on any atom is 0.353 e. The first kappa shape index (κ1) is 23.0. The maximum absolute atomic E-state index is 12.5. The topological polar surface area (TPSA) is 102 Å². The van der Waals surface area contributed by atoms with Gasteiger partial charge in [0.15, 0.2) is 0 Å². The summed E-state index contributed by atoms with van der Waals surface area (Å²) in [4.78, 5) is 26.7. The third-order valence-corrected chi connectivity index (χ3v) is 8.18. The van der Waals surface area contributed by atoms with E-state index in [4.69, 9.17) is 0 Å². The molecule has 8 heteroatoms. The number of nitrogens with zero attached hydrogens (tertiary/aromatic N) is 1. The predicted molar refractivity (Wildman–Crippen MR) is 126 cm³/mol. The summed E-state index contributed by atoms with van der Waals surface area (Å²) in [5, 5.41) is 26.7. The number of aliphatic hydroxyl groups is 1. The Balaban J connectivity index is 1.44. The van der Waals surface area contributed by atoms with Crippen molar-refractivity contribution in [2.24, 2.45) is 11.8 Å². The van der Waals surface area contributed by atoms with Gasteiger partial charge in [-0.25, -0.2) is 4.79 Å². The Hall–Kier alpha value is -2.13. The highest BCUT2D eigenvalue weighted by Gasteiger charge is 2.60. The molecule has 32 heavy (non-hydrogen) atoms. The van der Waals surface area contributed by atoms with E-state index in [1.807, 2.05) is 14.0 Å². The zero-order chi connectivity index (χ0) is 23.0. The molecule has 0 bridgehead atoms. The zero-order valence-corrected chi connectivity index (χ0v) is 19.4. The lowest BCUT2D eigenvalue weighted by Gasteiger charge is -2.46. The highest BCUT2D eigenvalue weighted by molar-refractivity contribution is 8.03. The number of nitrogens with one attached hydrogen (secondary N) is 2. The summed E-state index contributed by atoms with van der Waals surface area (Å²) < 4.78 is 0. The number of fused-ring (bicyclic) bond motifs is 1. The molecule has 0 aromatic heterocycles. The van der Waals surface area contributed by atoms with Gasteiger partial charge in [-0.05, 0) is 31.5 Å². The van der Waals surface area contributed by atoms with Gasteiger partial charge in [-0.2, -0.15) is 0 Å². The Morgan fingerprint density at radius 1 is 1.38 bits per heavy atom. The molecule has 3 aliphatic heterocycles. The van der Waals surface area contributed by atoms with E-state index >= 15 is 0 Å². The molecular weight excluding hydrogens is 426 g/mol. The van der Waals surface area contributed by atoms with Crippen LogP contribution in [0.4, 0.5) is 0 Å². The van der Waals surface area contributed by atoms with Gasteiger partial charge < -0.3 is 25.7 Å². The van der Waals surface area contributed by atoms with Crippen LogP contribution in [0.3, 0.4) is 0 Å². The zero-order valence-electron chi connectivity index (χ0n) is 18.6. The van der Waals surface area contributed by atoms with Crippen molar-refractivity contribution >= 4 is 29.7 Å². The van der Waals surface area contributed by atoms with Gasteiger partial charge in [0.05, 0.1) is 18.1 Å². The number of hydrogen-bond acceptors (Lipinski definition) is 6. The van der Waals surface area contributed by atoms with E-state index in [2.05, 4.69) is 47.1 Å². The standard InChI is InChI=1S/C24H31N3O4S/c1-13-20-19(14(2)28)23(29)27(20)21(24(30)31)22(13)32-17-11-18(26-12-17)16-8-6-15(7-9-16)5-4-10-25-3/h4-9,13-14,17-20,25-26,28H,10-12H2,1-3H3,(H,30,31)/b5-4+/t13-,14-,17+,18-,19-,20-/m1/s1. The van der Waals surface area contributed by atoms with E-state index in [1.165, 1.54) is 10.5 Å². The number of carbonyl (C=O) groups is 2. The number of likely N-dealkylation sites (N-methyl/N-ethyl adjacent to an activating group) is 1. The van der Waals surface area contributed by atoms with Gasteiger partial charge in [-0.3, -0.25) is 4.79 Å². The van der Waals surface area contributed by atoms with Gasteiger partial charge in [-0.15, -0.1) is 11.8 Å². The molecule has 0 radical (unpaired) electrons. The fourth-order valence-electron chi connectivity index (χ4n) is 5.06. The largest absolute Gasteiger partial charge is 0.477 e. The molecule has 1 aromatic carbocycles. The molecule has 1 amide bonds. The molecule has 0 spiro atoms. The predicted octanol–water partition coefficient (Wildman–Crippen LogP) is 2.21. The van der Waals surface area contributed by atoms with Crippen LogP contribution in [-0.4, -0.2) is 64.5 Å². The maximum atomic E-state index is 12.5. The van der Waals surface area contributed by atoms with Crippen molar-refractivity contribution in [2.45, 2.75) is 43.7 Å². The van der Waals surface area contributed by atoms with Crippen LogP contribution < -0.4 is 10.6 Å². The van der Waals surface area contributed by atoms with Gasteiger partial charge >= 0.3 is 5.97 Å². The number of carboxylic acid groups (broad SMARTS) is 1. The molecule has 2 saturated heterocycles. The molecule has 6 atom stereocenters. The molecule has 3 heterocycles. The Morgan fingerprint density at radius 2 is 2.09 bits per heavy atom. The van der Waals surface area contributed by atoms with Crippen molar-refractivity contribution in [3.63, 3.8) is 0 Å². The van der Waals surface area contributed by atoms with Gasteiger partial charge in [-0.1, -0.05) is 43.3 Å². The lowest BCUT2D eigenvalue weighted by molar-refractivity contribution is -0.163. The smallest absolute Gasteiger partial charge is 0.353 e. The summed E-state index contributed by atoms with van der Waals surface area (Å²) in [7, 11) is 1.92. The molecule has 0 saturated carbocycles. The second kappa shape index (κ2) is 9.39. The summed E-state index contributed by atoms with van der Waals surface area (Å²) in [6.07, 6.45) is 4.29. The number of aliphatic carboxylic acids is 1. The third-order valence-electron chi connectivity index (χ3n) is 6.67. The SMILES string of the molecule is CNC/C=C/c1ccc([C@H]2C[C@H](SC3=C(C(=O)O)N4C(=O)[C@H]([C@@H](C)O)[C@H]4[C@H]3C)CN2)cc1. The van der Waals surface area contributed by atoms with Crippen LogP contribution in [0.2, 0.25) is 0 Å². The van der Waals surface area contributed by atoms with E-state index in [1.54, 1.807) is 18.7 Å². The highest BCUT2D eigenvalue weighted by Crippen LogP contribution is 2.52.